The molecule has 0 radical (unpaired) electrons. The summed E-state index contributed by atoms with van der Waals surface area (Å²) in [6, 6.07) is 12.2. The monoisotopic (exact) mass is 317 g/mol. The van der Waals surface area contributed by atoms with Crippen molar-refractivity contribution < 1.29 is 14.6 Å². The molecule has 0 aliphatic heterocycles. The van der Waals surface area contributed by atoms with Gasteiger partial charge in [0.05, 0.1) is 18.4 Å². The molecule has 114 valence electrons. The first-order valence-electron chi connectivity index (χ1n) is 6.67. The maximum atomic E-state index is 11.0. The summed E-state index contributed by atoms with van der Waals surface area (Å²) in [6.45, 7) is 0.544. The number of aromatic carboxylic acids is 1. The van der Waals surface area contributed by atoms with Crippen molar-refractivity contribution in [3.63, 3.8) is 0 Å². The number of carbonyl (C=O) groups is 1. The fourth-order valence-corrected chi connectivity index (χ4v) is 2.04. The van der Waals surface area contributed by atoms with Gasteiger partial charge in [0, 0.05) is 11.6 Å². The highest BCUT2D eigenvalue weighted by molar-refractivity contribution is 6.30. The van der Waals surface area contributed by atoms with Gasteiger partial charge in [-0.3, -0.25) is 0 Å². The van der Waals surface area contributed by atoms with Gasteiger partial charge in [-0.2, -0.15) is 0 Å². The second-order valence-corrected chi connectivity index (χ2v) is 4.99. The number of anilines is 1. The third-order valence-electron chi connectivity index (χ3n) is 3.04. The standard InChI is InChI=1S/C17H16ClNO3/c1-22-16-9-6-13(17(20)21)11-15(16)19-10-2-3-12-4-7-14(18)8-5-12/h2-9,11,19H,10H2,1H3,(H,20,21)/b3-2+. The van der Waals surface area contributed by atoms with Crippen molar-refractivity contribution in [1.82, 2.24) is 0 Å². The number of carboxylic acid groups (broad SMARTS) is 1. The van der Waals surface area contributed by atoms with Crippen LogP contribution < -0.4 is 10.1 Å². The Morgan fingerprint density at radius 2 is 2.00 bits per heavy atom. The van der Waals surface area contributed by atoms with Crippen molar-refractivity contribution >= 4 is 29.3 Å². The molecule has 2 N–H and O–H groups in total. The van der Waals surface area contributed by atoms with E-state index in [9.17, 15) is 4.79 Å². The van der Waals surface area contributed by atoms with Crippen LogP contribution in [0.5, 0.6) is 5.75 Å². The van der Waals surface area contributed by atoms with Crippen LogP contribution in [0.1, 0.15) is 15.9 Å². The lowest BCUT2D eigenvalue weighted by atomic mass is 10.2. The first-order valence-corrected chi connectivity index (χ1v) is 7.05. The maximum absolute atomic E-state index is 11.0. The summed E-state index contributed by atoms with van der Waals surface area (Å²) in [5.41, 5.74) is 1.89. The van der Waals surface area contributed by atoms with E-state index < -0.39 is 5.97 Å². The van der Waals surface area contributed by atoms with E-state index in [-0.39, 0.29) is 5.56 Å². The van der Waals surface area contributed by atoms with Gasteiger partial charge in [-0.25, -0.2) is 4.79 Å². The lowest BCUT2D eigenvalue weighted by Crippen LogP contribution is -2.03. The minimum Gasteiger partial charge on any atom is -0.495 e. The first kappa shape index (κ1) is 15.9. The minimum atomic E-state index is -0.970. The van der Waals surface area contributed by atoms with Crippen LogP contribution in [0.3, 0.4) is 0 Å². The van der Waals surface area contributed by atoms with Crippen LogP contribution in [0, 0.1) is 0 Å². The van der Waals surface area contributed by atoms with Gasteiger partial charge in [-0.15, -0.1) is 0 Å². The molecule has 0 aliphatic carbocycles. The van der Waals surface area contributed by atoms with Crippen molar-refractivity contribution in [1.29, 1.82) is 0 Å². The van der Waals surface area contributed by atoms with E-state index in [1.165, 1.54) is 6.07 Å². The van der Waals surface area contributed by atoms with E-state index in [1.54, 1.807) is 19.2 Å². The Morgan fingerprint density at radius 1 is 1.27 bits per heavy atom. The average molecular weight is 318 g/mol. The molecule has 4 nitrogen and oxygen atoms in total. The fraction of sp³-hybridized carbons (Fsp3) is 0.118. The molecule has 0 heterocycles. The van der Waals surface area contributed by atoms with Gasteiger partial charge >= 0.3 is 5.97 Å². The topological polar surface area (TPSA) is 58.6 Å². The predicted molar refractivity (Wildman–Crippen MR) is 88.9 cm³/mol. The molecule has 2 rings (SSSR count). The van der Waals surface area contributed by atoms with E-state index >= 15 is 0 Å². The summed E-state index contributed by atoms with van der Waals surface area (Å²) >= 11 is 5.83. The highest BCUT2D eigenvalue weighted by Crippen LogP contribution is 2.25. The van der Waals surface area contributed by atoms with Gasteiger partial charge in [-0.05, 0) is 35.9 Å². The van der Waals surface area contributed by atoms with Crippen molar-refractivity contribution in [2.24, 2.45) is 0 Å². The van der Waals surface area contributed by atoms with Gasteiger partial charge in [0.2, 0.25) is 0 Å². The van der Waals surface area contributed by atoms with E-state index in [1.807, 2.05) is 36.4 Å². The number of carboxylic acids is 1. The molecule has 0 spiro atoms. The van der Waals surface area contributed by atoms with E-state index in [4.69, 9.17) is 21.4 Å². The Labute approximate surface area is 134 Å². The van der Waals surface area contributed by atoms with Crippen LogP contribution in [-0.4, -0.2) is 24.7 Å². The van der Waals surface area contributed by atoms with Crippen LogP contribution in [0.4, 0.5) is 5.69 Å². The molecule has 0 saturated heterocycles. The Morgan fingerprint density at radius 3 is 2.64 bits per heavy atom. The second-order valence-electron chi connectivity index (χ2n) is 4.56. The highest BCUT2D eigenvalue weighted by atomic mass is 35.5. The van der Waals surface area contributed by atoms with Gasteiger partial charge in [-0.1, -0.05) is 35.9 Å². The average Bonchev–Trinajstić information content (AvgIpc) is 2.53. The third kappa shape index (κ3) is 4.27. The zero-order valence-electron chi connectivity index (χ0n) is 12.0. The van der Waals surface area contributed by atoms with E-state index in [2.05, 4.69) is 5.32 Å². The number of rotatable bonds is 6. The molecular weight excluding hydrogens is 302 g/mol. The molecule has 2 aromatic rings. The molecule has 2 aromatic carbocycles. The summed E-state index contributed by atoms with van der Waals surface area (Å²) in [4.78, 5) is 11.0. The second kappa shape index (κ2) is 7.52. The molecule has 0 saturated carbocycles. The van der Waals surface area contributed by atoms with Crippen LogP contribution in [0.25, 0.3) is 6.08 Å². The lowest BCUT2D eigenvalue weighted by molar-refractivity contribution is 0.0697. The third-order valence-corrected chi connectivity index (χ3v) is 3.29. The van der Waals surface area contributed by atoms with Crippen LogP contribution >= 0.6 is 11.6 Å². The van der Waals surface area contributed by atoms with Crippen molar-refractivity contribution in [2.75, 3.05) is 19.0 Å². The fourth-order valence-electron chi connectivity index (χ4n) is 1.92. The molecule has 0 amide bonds. The molecule has 0 fully saturated rings. The van der Waals surface area contributed by atoms with Gasteiger partial charge in [0.25, 0.3) is 0 Å². The predicted octanol–water partition coefficient (Wildman–Crippen LogP) is 4.17. The summed E-state index contributed by atoms with van der Waals surface area (Å²) in [5, 5.41) is 12.9. The van der Waals surface area contributed by atoms with Crippen molar-refractivity contribution in [2.45, 2.75) is 0 Å². The molecule has 5 heteroatoms. The molecule has 0 unspecified atom stereocenters. The van der Waals surface area contributed by atoms with Gasteiger partial charge < -0.3 is 15.2 Å². The first-order chi connectivity index (χ1) is 10.6. The SMILES string of the molecule is COc1ccc(C(=O)O)cc1NC/C=C/c1ccc(Cl)cc1. The largest absolute Gasteiger partial charge is 0.495 e. The number of halogens is 1. The Kier molecular flexibility index (Phi) is 5.44. The molecule has 22 heavy (non-hydrogen) atoms. The summed E-state index contributed by atoms with van der Waals surface area (Å²) < 4.78 is 5.21. The molecule has 0 aromatic heterocycles. The van der Waals surface area contributed by atoms with Crippen LogP contribution in [0.15, 0.2) is 48.5 Å². The maximum Gasteiger partial charge on any atom is 0.335 e. The summed E-state index contributed by atoms with van der Waals surface area (Å²) in [7, 11) is 1.55. The van der Waals surface area contributed by atoms with E-state index in [0.717, 1.165) is 5.56 Å². The van der Waals surface area contributed by atoms with Crippen LogP contribution in [0.2, 0.25) is 5.02 Å². The zero-order chi connectivity index (χ0) is 15.9. The Bertz CT molecular complexity index is 681. The zero-order valence-corrected chi connectivity index (χ0v) is 12.8. The molecule has 0 aliphatic rings. The van der Waals surface area contributed by atoms with E-state index in [0.29, 0.717) is 23.0 Å². The normalized spacial score (nSPS) is 10.6. The number of methoxy groups -OCH3 is 1. The quantitative estimate of drug-likeness (QED) is 0.839. The summed E-state index contributed by atoms with van der Waals surface area (Å²) in [5.74, 6) is -0.368. The lowest BCUT2D eigenvalue weighted by Gasteiger charge is -2.10. The summed E-state index contributed by atoms with van der Waals surface area (Å²) in [6.07, 6.45) is 3.90. The van der Waals surface area contributed by atoms with Crippen molar-refractivity contribution in [3.8, 4) is 5.75 Å². The number of hydrogen-bond acceptors (Lipinski definition) is 3. The molecule has 0 bridgehead atoms. The number of ether oxygens (including phenoxy) is 1. The molecular formula is C17H16ClNO3. The Hall–Kier alpha value is -2.46. The number of hydrogen-bond donors (Lipinski definition) is 2. The smallest absolute Gasteiger partial charge is 0.335 e. The Balaban J connectivity index is 2.02. The van der Waals surface area contributed by atoms with Crippen molar-refractivity contribution in [3.05, 3.63) is 64.7 Å². The number of benzene rings is 2. The highest BCUT2D eigenvalue weighted by Gasteiger charge is 2.07. The van der Waals surface area contributed by atoms with Gasteiger partial charge in [0.15, 0.2) is 0 Å². The number of nitrogens with one attached hydrogen (secondary N) is 1. The molecule has 0 atom stereocenters. The van der Waals surface area contributed by atoms with Crippen LogP contribution in [-0.2, 0) is 0 Å². The minimum absolute atomic E-state index is 0.213. The van der Waals surface area contributed by atoms with Gasteiger partial charge in [0.1, 0.15) is 5.75 Å².